The molecule has 1 atom stereocenters. The number of hydrogen-bond acceptors (Lipinski definition) is 7. The molecule has 2 N–H and O–H groups in total. The summed E-state index contributed by atoms with van der Waals surface area (Å²) < 4.78 is 1.59. The van der Waals surface area contributed by atoms with E-state index in [-0.39, 0.29) is 6.54 Å². The van der Waals surface area contributed by atoms with Crippen molar-refractivity contribution < 1.29 is 15.0 Å². The summed E-state index contributed by atoms with van der Waals surface area (Å²) in [4.78, 5) is 14.9. The fraction of sp³-hybridized carbons (Fsp3) is 0.429. The number of β-amino-alcohol motifs (C(OH)–C–C–N with tert-alkyl or cyclic N) is 1. The quantitative estimate of drug-likeness (QED) is 0.721. The van der Waals surface area contributed by atoms with Crippen molar-refractivity contribution in [2.24, 2.45) is 0 Å². The molecular formula is C14H18N6O3. The molecule has 0 spiro atoms. The topological polar surface area (TPSA) is 108 Å². The average molecular weight is 318 g/mol. The second-order valence-corrected chi connectivity index (χ2v) is 5.32. The Morgan fingerprint density at radius 1 is 1.22 bits per heavy atom. The number of aliphatic hydroxyl groups excluding tert-OH is 2. The van der Waals surface area contributed by atoms with E-state index < -0.39 is 18.6 Å². The second kappa shape index (κ2) is 6.71. The lowest BCUT2D eigenvalue weighted by Gasteiger charge is -2.21. The monoisotopic (exact) mass is 318 g/mol. The molecule has 9 nitrogen and oxygen atoms in total. The van der Waals surface area contributed by atoms with Gasteiger partial charge in [0.05, 0.1) is 11.8 Å². The molecule has 1 fully saturated rings. The number of aromatic nitrogens is 4. The molecule has 0 bridgehead atoms. The van der Waals surface area contributed by atoms with Gasteiger partial charge in [0, 0.05) is 26.2 Å². The van der Waals surface area contributed by atoms with Crippen molar-refractivity contribution in [1.82, 2.24) is 25.1 Å². The Kier molecular flexibility index (Phi) is 4.49. The molecule has 1 saturated heterocycles. The van der Waals surface area contributed by atoms with E-state index in [4.69, 9.17) is 5.11 Å². The number of para-hydroxylation sites is 1. The molecule has 1 aromatic carbocycles. The highest BCUT2D eigenvalue weighted by Crippen LogP contribution is 2.17. The number of nitrogens with zero attached hydrogens (tertiary/aromatic N) is 6. The first kappa shape index (κ1) is 15.4. The van der Waals surface area contributed by atoms with Crippen LogP contribution in [-0.2, 0) is 4.79 Å². The Morgan fingerprint density at radius 2 is 2.00 bits per heavy atom. The third kappa shape index (κ3) is 3.30. The van der Waals surface area contributed by atoms with E-state index >= 15 is 0 Å². The summed E-state index contributed by atoms with van der Waals surface area (Å²) in [5.41, 5.74) is 0.814. The minimum Gasteiger partial charge on any atom is -0.389 e. The molecule has 23 heavy (non-hydrogen) atoms. The van der Waals surface area contributed by atoms with Gasteiger partial charge in [-0.25, -0.2) is 0 Å². The number of anilines is 1. The van der Waals surface area contributed by atoms with E-state index in [9.17, 15) is 9.90 Å². The lowest BCUT2D eigenvalue weighted by Crippen LogP contribution is -2.39. The average Bonchev–Trinajstić information content (AvgIpc) is 2.98. The first-order valence-electron chi connectivity index (χ1n) is 7.34. The standard InChI is InChI=1S/C14H18N6O3/c21-10-13(23)18-6-7-19(9-12(22)8-18)14-15-16-17-20(14)11-4-2-1-3-5-11/h1-5,12,21-22H,6-10H2/t12-/m0/s1. The highest BCUT2D eigenvalue weighted by Gasteiger charge is 2.27. The molecule has 9 heteroatoms. The molecule has 0 aliphatic carbocycles. The summed E-state index contributed by atoms with van der Waals surface area (Å²) in [7, 11) is 0. The maximum atomic E-state index is 11.6. The second-order valence-electron chi connectivity index (χ2n) is 5.32. The third-order valence-corrected chi connectivity index (χ3v) is 3.73. The molecule has 122 valence electrons. The Balaban J connectivity index is 1.83. The SMILES string of the molecule is O=C(CO)N1CCN(c2nnnn2-c2ccccc2)C[C@@H](O)C1. The predicted octanol–water partition coefficient (Wildman–Crippen LogP) is -1.34. The van der Waals surface area contributed by atoms with Gasteiger partial charge in [-0.15, -0.1) is 0 Å². The Morgan fingerprint density at radius 3 is 2.74 bits per heavy atom. The number of aliphatic hydroxyl groups is 2. The zero-order valence-electron chi connectivity index (χ0n) is 12.5. The van der Waals surface area contributed by atoms with E-state index in [2.05, 4.69) is 15.5 Å². The van der Waals surface area contributed by atoms with Crippen LogP contribution < -0.4 is 4.90 Å². The smallest absolute Gasteiger partial charge is 0.250 e. The van der Waals surface area contributed by atoms with Gasteiger partial charge in [0.15, 0.2) is 0 Å². The Hall–Kier alpha value is -2.52. The van der Waals surface area contributed by atoms with Crippen molar-refractivity contribution in [3.8, 4) is 5.69 Å². The molecule has 2 heterocycles. The van der Waals surface area contributed by atoms with Crippen molar-refractivity contribution in [2.75, 3.05) is 37.7 Å². The van der Waals surface area contributed by atoms with E-state index in [0.717, 1.165) is 5.69 Å². The van der Waals surface area contributed by atoms with Crippen LogP contribution in [0.2, 0.25) is 0 Å². The fourth-order valence-corrected chi connectivity index (χ4v) is 2.61. The third-order valence-electron chi connectivity index (χ3n) is 3.73. The van der Waals surface area contributed by atoms with Crippen LogP contribution >= 0.6 is 0 Å². The number of benzene rings is 1. The van der Waals surface area contributed by atoms with Crippen LogP contribution in [0.3, 0.4) is 0 Å². The predicted molar refractivity (Wildman–Crippen MR) is 81.0 cm³/mol. The van der Waals surface area contributed by atoms with Crippen LogP contribution in [0.1, 0.15) is 0 Å². The zero-order chi connectivity index (χ0) is 16.2. The normalized spacial score (nSPS) is 18.8. The summed E-state index contributed by atoms with van der Waals surface area (Å²) >= 11 is 0. The minimum absolute atomic E-state index is 0.183. The Labute approximate surface area is 132 Å². The van der Waals surface area contributed by atoms with Crippen molar-refractivity contribution in [2.45, 2.75) is 6.10 Å². The van der Waals surface area contributed by atoms with Crippen LogP contribution in [0, 0.1) is 0 Å². The Bertz CT molecular complexity index is 662. The first-order chi connectivity index (χ1) is 11.2. The number of amides is 1. The van der Waals surface area contributed by atoms with Gasteiger partial charge in [0.25, 0.3) is 5.95 Å². The summed E-state index contributed by atoms with van der Waals surface area (Å²) in [6.07, 6.45) is -0.742. The molecule has 0 saturated carbocycles. The van der Waals surface area contributed by atoms with E-state index in [1.165, 1.54) is 4.90 Å². The molecule has 0 radical (unpaired) electrons. The number of tetrazole rings is 1. The van der Waals surface area contributed by atoms with E-state index in [1.54, 1.807) is 4.68 Å². The molecule has 1 aliphatic rings. The highest BCUT2D eigenvalue weighted by atomic mass is 16.3. The summed E-state index contributed by atoms with van der Waals surface area (Å²) in [5.74, 6) is 0.113. The lowest BCUT2D eigenvalue weighted by molar-refractivity contribution is -0.135. The van der Waals surface area contributed by atoms with Crippen LogP contribution in [-0.4, -0.2) is 80.1 Å². The van der Waals surface area contributed by atoms with Crippen molar-refractivity contribution in [3.63, 3.8) is 0 Å². The van der Waals surface area contributed by atoms with Gasteiger partial charge in [-0.05, 0) is 22.6 Å². The number of hydrogen-bond donors (Lipinski definition) is 2. The van der Waals surface area contributed by atoms with Gasteiger partial charge in [0.1, 0.15) is 6.61 Å². The van der Waals surface area contributed by atoms with Gasteiger partial charge in [-0.2, -0.15) is 4.68 Å². The van der Waals surface area contributed by atoms with Crippen LogP contribution in [0.25, 0.3) is 5.69 Å². The van der Waals surface area contributed by atoms with Crippen LogP contribution in [0.5, 0.6) is 0 Å². The molecule has 3 rings (SSSR count). The van der Waals surface area contributed by atoms with Gasteiger partial charge < -0.3 is 20.0 Å². The number of rotatable bonds is 3. The molecule has 2 aromatic rings. The largest absolute Gasteiger partial charge is 0.389 e. The van der Waals surface area contributed by atoms with Crippen LogP contribution in [0.15, 0.2) is 30.3 Å². The lowest BCUT2D eigenvalue weighted by atomic mass is 10.3. The van der Waals surface area contributed by atoms with Crippen molar-refractivity contribution in [3.05, 3.63) is 30.3 Å². The van der Waals surface area contributed by atoms with Crippen molar-refractivity contribution >= 4 is 11.9 Å². The zero-order valence-corrected chi connectivity index (χ0v) is 12.5. The molecule has 1 amide bonds. The number of carbonyl (C=O) groups is 1. The van der Waals surface area contributed by atoms with Gasteiger partial charge in [0.2, 0.25) is 5.91 Å². The van der Waals surface area contributed by atoms with E-state index in [0.29, 0.717) is 25.6 Å². The number of carbonyl (C=O) groups excluding carboxylic acids is 1. The van der Waals surface area contributed by atoms with Gasteiger partial charge >= 0.3 is 0 Å². The summed E-state index contributed by atoms with van der Waals surface area (Å²) in [5, 5.41) is 30.9. The summed E-state index contributed by atoms with van der Waals surface area (Å²) in [6.45, 7) is 0.786. The molecule has 1 aromatic heterocycles. The van der Waals surface area contributed by atoms with Crippen molar-refractivity contribution in [1.29, 1.82) is 0 Å². The molecule has 0 unspecified atom stereocenters. The maximum Gasteiger partial charge on any atom is 0.250 e. The molecule has 1 aliphatic heterocycles. The summed E-state index contributed by atoms with van der Waals surface area (Å²) in [6, 6.07) is 9.45. The van der Waals surface area contributed by atoms with Gasteiger partial charge in [-0.1, -0.05) is 23.3 Å². The van der Waals surface area contributed by atoms with Gasteiger partial charge in [-0.3, -0.25) is 4.79 Å². The first-order valence-corrected chi connectivity index (χ1v) is 7.34. The molecular weight excluding hydrogens is 300 g/mol. The fourth-order valence-electron chi connectivity index (χ4n) is 2.61. The van der Waals surface area contributed by atoms with Crippen LogP contribution in [0.4, 0.5) is 5.95 Å². The maximum absolute atomic E-state index is 11.6. The minimum atomic E-state index is -0.742. The van der Waals surface area contributed by atoms with E-state index in [1.807, 2.05) is 35.2 Å². The highest BCUT2D eigenvalue weighted by molar-refractivity contribution is 5.77.